The average molecular weight is 549 g/mol. The van der Waals surface area contributed by atoms with Crippen LogP contribution in [0, 0.1) is 20.8 Å². The monoisotopic (exact) mass is 548 g/mol. The minimum Gasteiger partial charge on any atom is -0.497 e. The molecule has 2 aromatic heterocycles. The number of nitrogens with one attached hydrogen (secondary N) is 1. The van der Waals surface area contributed by atoms with Crippen LogP contribution in [0.4, 0.5) is 5.69 Å². The van der Waals surface area contributed by atoms with Crippen LogP contribution in [0.2, 0.25) is 0 Å². The largest absolute Gasteiger partial charge is 0.497 e. The van der Waals surface area contributed by atoms with Gasteiger partial charge < -0.3 is 15.0 Å². The van der Waals surface area contributed by atoms with E-state index in [0.717, 1.165) is 27.0 Å². The highest BCUT2D eigenvalue weighted by Crippen LogP contribution is 2.29. The highest BCUT2D eigenvalue weighted by atomic mass is 32.1. The lowest BCUT2D eigenvalue weighted by Crippen LogP contribution is -2.40. The van der Waals surface area contributed by atoms with Crippen molar-refractivity contribution in [2.24, 2.45) is 0 Å². The predicted molar refractivity (Wildman–Crippen MR) is 155 cm³/mol. The van der Waals surface area contributed by atoms with Crippen LogP contribution in [-0.4, -0.2) is 46.0 Å². The molecule has 0 aliphatic rings. The highest BCUT2D eigenvalue weighted by molar-refractivity contribution is 7.20. The quantitative estimate of drug-likeness (QED) is 0.354. The van der Waals surface area contributed by atoms with Crippen LogP contribution in [0.5, 0.6) is 5.75 Å². The van der Waals surface area contributed by atoms with Gasteiger partial charge in [-0.25, -0.2) is 9.36 Å². The molecule has 204 valence electrons. The van der Waals surface area contributed by atoms with E-state index in [1.807, 2.05) is 33.8 Å². The van der Waals surface area contributed by atoms with Gasteiger partial charge in [-0.3, -0.25) is 19.0 Å². The molecule has 0 saturated heterocycles. The molecular formula is C29H32N4O5S. The lowest BCUT2D eigenvalue weighted by atomic mass is 10.1. The first-order valence-electron chi connectivity index (χ1n) is 12.7. The van der Waals surface area contributed by atoms with Gasteiger partial charge in [0.25, 0.3) is 11.5 Å². The number of aryl methyl sites for hydroxylation is 3. The van der Waals surface area contributed by atoms with Crippen molar-refractivity contribution in [1.82, 2.24) is 14.0 Å². The standard InChI is InChI=1S/C29H32N4O5S/c1-7-31(8-2)27(36)25-19(5)24-26(35)33(21-12-9-17(3)18(4)15-21)29(37)32(28(24)39-25)16-23(34)30-20-10-13-22(38-6)14-11-20/h9-15H,7-8,16H2,1-6H3,(H,30,34). The van der Waals surface area contributed by atoms with Crippen molar-refractivity contribution in [2.75, 3.05) is 25.5 Å². The number of ether oxygens (including phenoxy) is 1. The molecular weight excluding hydrogens is 516 g/mol. The van der Waals surface area contributed by atoms with Crippen LogP contribution < -0.4 is 21.3 Å². The number of amides is 2. The summed E-state index contributed by atoms with van der Waals surface area (Å²) in [4.78, 5) is 56.4. The summed E-state index contributed by atoms with van der Waals surface area (Å²) in [5.74, 6) is -0.0140. The zero-order valence-electron chi connectivity index (χ0n) is 23.0. The molecule has 10 heteroatoms. The number of thiophene rings is 1. The third kappa shape index (κ3) is 5.24. The Morgan fingerprint density at radius 1 is 0.974 bits per heavy atom. The van der Waals surface area contributed by atoms with Gasteiger partial charge in [0.2, 0.25) is 5.91 Å². The van der Waals surface area contributed by atoms with Gasteiger partial charge >= 0.3 is 5.69 Å². The molecule has 2 heterocycles. The Balaban J connectivity index is 1.91. The van der Waals surface area contributed by atoms with Gasteiger partial charge in [-0.2, -0.15) is 0 Å². The Bertz CT molecular complexity index is 1680. The van der Waals surface area contributed by atoms with Crippen LogP contribution in [-0.2, 0) is 11.3 Å². The van der Waals surface area contributed by atoms with Crippen LogP contribution in [0.25, 0.3) is 15.9 Å². The first-order chi connectivity index (χ1) is 18.6. The average Bonchev–Trinajstić information content (AvgIpc) is 3.26. The van der Waals surface area contributed by atoms with E-state index in [0.29, 0.717) is 45.5 Å². The molecule has 0 fully saturated rings. The van der Waals surface area contributed by atoms with Crippen LogP contribution in [0.1, 0.15) is 40.2 Å². The first-order valence-corrected chi connectivity index (χ1v) is 13.5. The molecule has 0 aliphatic heterocycles. The summed E-state index contributed by atoms with van der Waals surface area (Å²) in [6.07, 6.45) is 0. The number of aromatic nitrogens is 2. The summed E-state index contributed by atoms with van der Waals surface area (Å²) in [6, 6.07) is 12.2. The molecule has 1 N–H and O–H groups in total. The number of rotatable bonds is 8. The number of methoxy groups -OCH3 is 1. The maximum atomic E-state index is 13.8. The molecule has 0 bridgehead atoms. The first kappa shape index (κ1) is 27.8. The van der Waals surface area contributed by atoms with E-state index < -0.39 is 17.2 Å². The normalized spacial score (nSPS) is 11.0. The van der Waals surface area contributed by atoms with Crippen molar-refractivity contribution in [3.63, 3.8) is 0 Å². The molecule has 0 spiro atoms. The molecule has 0 atom stereocenters. The topological polar surface area (TPSA) is 103 Å². The van der Waals surface area contributed by atoms with Crippen molar-refractivity contribution >= 4 is 39.1 Å². The molecule has 2 amide bonds. The van der Waals surface area contributed by atoms with E-state index in [-0.39, 0.29) is 17.8 Å². The van der Waals surface area contributed by atoms with E-state index in [1.54, 1.807) is 55.3 Å². The van der Waals surface area contributed by atoms with Gasteiger partial charge in [0, 0.05) is 18.8 Å². The number of benzene rings is 2. The number of carbonyl (C=O) groups excluding carboxylic acids is 2. The summed E-state index contributed by atoms with van der Waals surface area (Å²) in [6.45, 7) is 10.0. The van der Waals surface area contributed by atoms with Gasteiger partial charge in [-0.1, -0.05) is 6.07 Å². The number of hydrogen-bond acceptors (Lipinski definition) is 6. The molecule has 9 nitrogen and oxygen atoms in total. The number of hydrogen-bond donors (Lipinski definition) is 1. The maximum Gasteiger partial charge on any atom is 0.337 e. The third-order valence-electron chi connectivity index (χ3n) is 6.88. The van der Waals surface area contributed by atoms with Crippen molar-refractivity contribution in [3.05, 3.63) is 84.9 Å². The van der Waals surface area contributed by atoms with Crippen molar-refractivity contribution in [2.45, 2.75) is 41.2 Å². The van der Waals surface area contributed by atoms with Gasteiger partial charge in [0.15, 0.2) is 0 Å². The number of carbonyl (C=O) groups is 2. The molecule has 0 aliphatic carbocycles. The number of fused-ring (bicyclic) bond motifs is 1. The fourth-order valence-corrected chi connectivity index (χ4v) is 5.72. The molecule has 4 rings (SSSR count). The molecule has 0 saturated carbocycles. The Morgan fingerprint density at radius 3 is 2.23 bits per heavy atom. The minimum absolute atomic E-state index is 0.211. The van der Waals surface area contributed by atoms with E-state index >= 15 is 0 Å². The summed E-state index contributed by atoms with van der Waals surface area (Å²) < 4.78 is 7.52. The van der Waals surface area contributed by atoms with Gasteiger partial charge in [0.05, 0.1) is 23.1 Å². The SMILES string of the molecule is CCN(CC)C(=O)c1sc2c(c1C)c(=O)n(-c1ccc(C)c(C)c1)c(=O)n2CC(=O)Nc1ccc(OC)cc1. The Kier molecular flexibility index (Phi) is 8.06. The zero-order chi connectivity index (χ0) is 28.4. The second-order valence-electron chi connectivity index (χ2n) is 9.27. The summed E-state index contributed by atoms with van der Waals surface area (Å²) in [7, 11) is 1.55. The molecule has 4 aromatic rings. The maximum absolute atomic E-state index is 13.8. The number of anilines is 1. The van der Waals surface area contributed by atoms with Crippen molar-refractivity contribution < 1.29 is 14.3 Å². The van der Waals surface area contributed by atoms with Gasteiger partial charge in [-0.05, 0) is 87.7 Å². The van der Waals surface area contributed by atoms with Crippen LogP contribution in [0.3, 0.4) is 0 Å². The van der Waals surface area contributed by atoms with Gasteiger partial charge in [0.1, 0.15) is 17.1 Å². The fraction of sp³-hybridized carbons (Fsp3) is 0.310. The highest BCUT2D eigenvalue weighted by Gasteiger charge is 2.26. The minimum atomic E-state index is -0.649. The molecule has 0 radical (unpaired) electrons. The second-order valence-corrected chi connectivity index (χ2v) is 10.3. The lowest BCUT2D eigenvalue weighted by Gasteiger charge is -2.17. The molecule has 0 unspecified atom stereocenters. The molecule has 2 aromatic carbocycles. The lowest BCUT2D eigenvalue weighted by molar-refractivity contribution is -0.116. The Hall–Kier alpha value is -4.18. The van der Waals surface area contributed by atoms with E-state index in [4.69, 9.17) is 4.74 Å². The van der Waals surface area contributed by atoms with E-state index in [2.05, 4.69) is 5.32 Å². The van der Waals surface area contributed by atoms with Crippen molar-refractivity contribution in [3.8, 4) is 11.4 Å². The Morgan fingerprint density at radius 2 is 1.64 bits per heavy atom. The van der Waals surface area contributed by atoms with Crippen molar-refractivity contribution in [1.29, 1.82) is 0 Å². The van der Waals surface area contributed by atoms with Crippen LogP contribution >= 0.6 is 11.3 Å². The smallest absolute Gasteiger partial charge is 0.337 e. The van der Waals surface area contributed by atoms with E-state index in [1.165, 1.54) is 4.57 Å². The summed E-state index contributed by atoms with van der Waals surface area (Å²) >= 11 is 1.07. The van der Waals surface area contributed by atoms with Crippen LogP contribution in [0.15, 0.2) is 52.1 Å². The summed E-state index contributed by atoms with van der Waals surface area (Å²) in [5.41, 5.74) is 2.21. The third-order valence-corrected chi connectivity index (χ3v) is 8.18. The van der Waals surface area contributed by atoms with E-state index in [9.17, 15) is 19.2 Å². The summed E-state index contributed by atoms with van der Waals surface area (Å²) in [5, 5.41) is 3.05. The molecule has 39 heavy (non-hydrogen) atoms. The second kappa shape index (κ2) is 11.3. The Labute approximate surface area is 230 Å². The fourth-order valence-electron chi connectivity index (χ4n) is 4.46. The number of nitrogens with zero attached hydrogens (tertiary/aromatic N) is 3. The predicted octanol–water partition coefficient (Wildman–Crippen LogP) is 4.27. The van der Waals surface area contributed by atoms with Gasteiger partial charge in [-0.15, -0.1) is 11.3 Å². The zero-order valence-corrected chi connectivity index (χ0v) is 23.8.